The topological polar surface area (TPSA) is 37.3 Å². The van der Waals surface area contributed by atoms with E-state index in [0.717, 1.165) is 6.07 Å². The van der Waals surface area contributed by atoms with Gasteiger partial charge in [-0.25, -0.2) is 4.39 Å². The highest BCUT2D eigenvalue weighted by Gasteiger charge is 2.08. The summed E-state index contributed by atoms with van der Waals surface area (Å²) in [6.45, 7) is 1.39. The van der Waals surface area contributed by atoms with Gasteiger partial charge in [0.1, 0.15) is 17.3 Å². The Bertz CT molecular complexity index is 350. The summed E-state index contributed by atoms with van der Waals surface area (Å²) in [7, 11) is 0. The molecule has 0 unspecified atom stereocenters. The van der Waals surface area contributed by atoms with Gasteiger partial charge in [0.05, 0.1) is 4.47 Å². The highest BCUT2D eigenvalue weighted by molar-refractivity contribution is 9.10. The molecule has 1 N–H and O–H groups in total. The summed E-state index contributed by atoms with van der Waals surface area (Å²) in [5.41, 5.74) is 0.313. The van der Waals surface area contributed by atoms with Crippen LogP contribution in [0.25, 0.3) is 0 Å². The summed E-state index contributed by atoms with van der Waals surface area (Å²) in [5.74, 6) is -0.658. The van der Waals surface area contributed by atoms with E-state index < -0.39 is 5.82 Å². The molecule has 0 fully saturated rings. The van der Waals surface area contributed by atoms with Gasteiger partial charge in [-0.3, -0.25) is 4.79 Å². The Morgan fingerprint density at radius 2 is 2.23 bits per heavy atom. The lowest BCUT2D eigenvalue weighted by molar-refractivity contribution is -0.116. The molecule has 0 atom stereocenters. The Labute approximate surface area is 83.5 Å². The molecule has 1 rings (SSSR count). The third-order valence-corrected chi connectivity index (χ3v) is 2.17. The molecular formula is C9H8BrFO2. The van der Waals surface area contributed by atoms with Gasteiger partial charge in [-0.15, -0.1) is 0 Å². The quantitative estimate of drug-likeness (QED) is 0.871. The second-order valence-electron chi connectivity index (χ2n) is 2.77. The second-order valence-corrected chi connectivity index (χ2v) is 3.63. The number of hydrogen-bond donors (Lipinski definition) is 1. The molecule has 1 aromatic rings. The lowest BCUT2D eigenvalue weighted by Gasteiger charge is -2.03. The molecule has 2 nitrogen and oxygen atoms in total. The average molecular weight is 247 g/mol. The summed E-state index contributed by atoms with van der Waals surface area (Å²) >= 11 is 2.93. The molecule has 0 aliphatic heterocycles. The first-order valence-electron chi connectivity index (χ1n) is 3.67. The Hall–Kier alpha value is -0.900. The molecule has 0 aromatic heterocycles. The molecule has 70 valence electrons. The van der Waals surface area contributed by atoms with E-state index in [1.165, 1.54) is 13.0 Å². The lowest BCUT2D eigenvalue weighted by Crippen LogP contribution is -1.97. The zero-order valence-electron chi connectivity index (χ0n) is 6.97. The van der Waals surface area contributed by atoms with E-state index in [4.69, 9.17) is 0 Å². The molecule has 0 aliphatic rings. The standard InChI is InChI=1S/C9H8BrFO2/c1-5(12)2-6-3-8(11)7(10)4-9(6)13/h3-4,13H,2H2,1H3. The van der Waals surface area contributed by atoms with Gasteiger partial charge in [0.15, 0.2) is 0 Å². The molecule has 0 saturated heterocycles. The monoisotopic (exact) mass is 246 g/mol. The number of phenolic OH excluding ortho intramolecular Hbond substituents is 1. The van der Waals surface area contributed by atoms with Crippen LogP contribution >= 0.6 is 15.9 Å². The minimum atomic E-state index is -0.478. The smallest absolute Gasteiger partial charge is 0.137 e. The molecule has 4 heteroatoms. The molecule has 0 amide bonds. The number of rotatable bonds is 2. The van der Waals surface area contributed by atoms with Crippen LogP contribution in [0.5, 0.6) is 5.75 Å². The minimum Gasteiger partial charge on any atom is -0.508 e. The maximum absolute atomic E-state index is 12.9. The van der Waals surface area contributed by atoms with Gasteiger partial charge >= 0.3 is 0 Å². The fourth-order valence-corrected chi connectivity index (χ4v) is 1.32. The van der Waals surface area contributed by atoms with E-state index in [1.54, 1.807) is 0 Å². The molecule has 0 heterocycles. The molecule has 0 spiro atoms. The molecule has 13 heavy (non-hydrogen) atoms. The number of halogens is 2. The number of carbonyl (C=O) groups excluding carboxylic acids is 1. The van der Waals surface area contributed by atoms with Crippen molar-refractivity contribution in [1.82, 2.24) is 0 Å². The number of ketones is 1. The third-order valence-electron chi connectivity index (χ3n) is 1.56. The number of carbonyl (C=O) groups is 1. The molecule has 0 bridgehead atoms. The number of benzene rings is 1. The first-order valence-corrected chi connectivity index (χ1v) is 4.46. The van der Waals surface area contributed by atoms with Gasteiger partial charge in [0.25, 0.3) is 0 Å². The maximum Gasteiger partial charge on any atom is 0.137 e. The number of Topliss-reactive ketones (excluding diaryl/α,β-unsaturated/α-hetero) is 1. The second kappa shape index (κ2) is 3.87. The Balaban J connectivity index is 3.08. The van der Waals surface area contributed by atoms with Crippen LogP contribution in [0.1, 0.15) is 12.5 Å². The largest absolute Gasteiger partial charge is 0.508 e. The van der Waals surface area contributed by atoms with E-state index in [2.05, 4.69) is 15.9 Å². The van der Waals surface area contributed by atoms with Crippen LogP contribution in [0.15, 0.2) is 16.6 Å². The van der Waals surface area contributed by atoms with Crippen molar-refractivity contribution in [2.24, 2.45) is 0 Å². The molecular weight excluding hydrogens is 239 g/mol. The zero-order chi connectivity index (χ0) is 10.0. The van der Waals surface area contributed by atoms with Crippen molar-refractivity contribution in [2.45, 2.75) is 13.3 Å². The Morgan fingerprint density at radius 1 is 1.62 bits per heavy atom. The van der Waals surface area contributed by atoms with Gasteiger partial charge in [0, 0.05) is 12.0 Å². The highest BCUT2D eigenvalue weighted by atomic mass is 79.9. The molecule has 1 aromatic carbocycles. The van der Waals surface area contributed by atoms with Gasteiger partial charge in [-0.2, -0.15) is 0 Å². The fourth-order valence-electron chi connectivity index (χ4n) is 0.987. The van der Waals surface area contributed by atoms with Crippen molar-refractivity contribution < 1.29 is 14.3 Å². The van der Waals surface area contributed by atoms with Crippen molar-refractivity contribution in [2.75, 3.05) is 0 Å². The third kappa shape index (κ3) is 2.52. The Kier molecular flexibility index (Phi) is 3.03. The van der Waals surface area contributed by atoms with Crippen molar-refractivity contribution >= 4 is 21.7 Å². The summed E-state index contributed by atoms with van der Waals surface area (Å²) in [6.07, 6.45) is 0.0516. The Morgan fingerprint density at radius 3 is 2.77 bits per heavy atom. The summed E-state index contributed by atoms with van der Waals surface area (Å²) < 4.78 is 13.1. The number of phenols is 1. The summed E-state index contributed by atoms with van der Waals surface area (Å²) in [5, 5.41) is 9.32. The zero-order valence-corrected chi connectivity index (χ0v) is 8.56. The first-order chi connectivity index (χ1) is 6.00. The average Bonchev–Trinajstić information content (AvgIpc) is 1.99. The van der Waals surface area contributed by atoms with Gasteiger partial charge in [-0.05, 0) is 35.0 Å². The highest BCUT2D eigenvalue weighted by Crippen LogP contribution is 2.25. The van der Waals surface area contributed by atoms with E-state index >= 15 is 0 Å². The lowest BCUT2D eigenvalue weighted by atomic mass is 10.1. The van der Waals surface area contributed by atoms with Gasteiger partial charge < -0.3 is 5.11 Å². The summed E-state index contributed by atoms with van der Waals surface area (Å²) in [4.78, 5) is 10.7. The molecule has 0 saturated carbocycles. The van der Waals surface area contributed by atoms with Crippen LogP contribution in [-0.4, -0.2) is 10.9 Å². The fraction of sp³-hybridized carbons (Fsp3) is 0.222. The van der Waals surface area contributed by atoms with Crippen LogP contribution < -0.4 is 0 Å². The first kappa shape index (κ1) is 10.2. The van der Waals surface area contributed by atoms with E-state index in [-0.39, 0.29) is 22.4 Å². The van der Waals surface area contributed by atoms with Crippen molar-refractivity contribution in [3.05, 3.63) is 28.0 Å². The number of aromatic hydroxyl groups is 1. The molecule has 0 radical (unpaired) electrons. The SMILES string of the molecule is CC(=O)Cc1cc(F)c(Br)cc1O. The van der Waals surface area contributed by atoms with Gasteiger partial charge in [-0.1, -0.05) is 0 Å². The van der Waals surface area contributed by atoms with Crippen LogP contribution in [0, 0.1) is 5.82 Å². The van der Waals surface area contributed by atoms with Crippen LogP contribution in [0.3, 0.4) is 0 Å². The normalized spacial score (nSPS) is 10.1. The summed E-state index contributed by atoms with van der Waals surface area (Å²) in [6, 6.07) is 2.40. The van der Waals surface area contributed by atoms with E-state index in [0.29, 0.717) is 5.56 Å². The predicted octanol–water partition coefficient (Wildman–Crippen LogP) is 2.43. The maximum atomic E-state index is 12.9. The van der Waals surface area contributed by atoms with Crippen molar-refractivity contribution in [3.8, 4) is 5.75 Å². The predicted molar refractivity (Wildman–Crippen MR) is 50.1 cm³/mol. The van der Waals surface area contributed by atoms with Crippen LogP contribution in [0.2, 0.25) is 0 Å². The van der Waals surface area contributed by atoms with Crippen molar-refractivity contribution in [1.29, 1.82) is 0 Å². The molecule has 0 aliphatic carbocycles. The van der Waals surface area contributed by atoms with Crippen LogP contribution in [0.4, 0.5) is 4.39 Å². The van der Waals surface area contributed by atoms with E-state index in [9.17, 15) is 14.3 Å². The minimum absolute atomic E-state index is 0.0516. The van der Waals surface area contributed by atoms with Gasteiger partial charge in [0.2, 0.25) is 0 Å². The number of hydrogen-bond acceptors (Lipinski definition) is 2. The van der Waals surface area contributed by atoms with Crippen LogP contribution in [-0.2, 0) is 11.2 Å². The van der Waals surface area contributed by atoms with E-state index in [1.807, 2.05) is 0 Å². The van der Waals surface area contributed by atoms with Crippen molar-refractivity contribution in [3.63, 3.8) is 0 Å².